The number of aryl methyl sites for hydroxylation is 1. The number of aromatic nitrogens is 2. The molecule has 5 nitrogen and oxygen atoms in total. The highest BCUT2D eigenvalue weighted by Gasteiger charge is 2.31. The average Bonchev–Trinajstić information content (AvgIpc) is 3.37. The molecule has 1 saturated carbocycles. The van der Waals surface area contributed by atoms with Crippen molar-refractivity contribution in [2.75, 3.05) is 31.1 Å². The second-order valence-corrected chi connectivity index (χ2v) is 7.56. The van der Waals surface area contributed by atoms with Gasteiger partial charge in [-0.3, -0.25) is 4.79 Å². The Labute approximate surface area is 146 Å². The van der Waals surface area contributed by atoms with Crippen LogP contribution in [-0.2, 0) is 0 Å². The number of hydrogen-bond donors (Lipinski definition) is 0. The lowest BCUT2D eigenvalue weighted by Crippen LogP contribution is -2.35. The summed E-state index contributed by atoms with van der Waals surface area (Å²) < 4.78 is 0. The molecule has 2 aromatic heterocycles. The highest BCUT2D eigenvalue weighted by molar-refractivity contribution is 7.12. The maximum Gasteiger partial charge on any atom is 0.264 e. The molecule has 4 rings (SSSR count). The second kappa shape index (κ2) is 6.51. The van der Waals surface area contributed by atoms with Crippen molar-refractivity contribution in [1.29, 1.82) is 0 Å². The van der Waals surface area contributed by atoms with Crippen molar-refractivity contribution in [2.45, 2.75) is 32.1 Å². The number of thiophene rings is 1. The van der Waals surface area contributed by atoms with E-state index < -0.39 is 0 Å². The normalized spacial score (nSPS) is 18.5. The molecule has 0 spiro atoms. The van der Waals surface area contributed by atoms with Crippen LogP contribution in [0.4, 0.5) is 5.82 Å². The van der Waals surface area contributed by atoms with E-state index in [4.69, 9.17) is 0 Å². The van der Waals surface area contributed by atoms with Gasteiger partial charge < -0.3 is 9.80 Å². The third kappa shape index (κ3) is 3.15. The predicted octanol–water partition coefficient (Wildman–Crippen LogP) is 3.08. The SMILES string of the molecule is Cc1ccc(N2CCCN(C(=O)c3sccc3C3CC3)CC2)nn1. The van der Waals surface area contributed by atoms with Crippen molar-refractivity contribution < 1.29 is 4.79 Å². The molecule has 1 saturated heterocycles. The van der Waals surface area contributed by atoms with Gasteiger partial charge in [-0.2, -0.15) is 5.10 Å². The van der Waals surface area contributed by atoms with E-state index in [0.717, 1.165) is 49.0 Å². The first-order chi connectivity index (χ1) is 11.7. The third-order valence-corrected chi connectivity index (χ3v) is 5.72. The molecule has 0 aromatic carbocycles. The molecule has 1 aliphatic heterocycles. The molecular formula is C18H22N4OS. The van der Waals surface area contributed by atoms with Crippen LogP contribution in [-0.4, -0.2) is 47.2 Å². The van der Waals surface area contributed by atoms with Crippen LogP contribution in [0.1, 0.15) is 46.1 Å². The minimum atomic E-state index is 0.212. The Morgan fingerprint density at radius 1 is 1.12 bits per heavy atom. The number of carbonyl (C=O) groups is 1. The first kappa shape index (κ1) is 15.6. The minimum absolute atomic E-state index is 0.212. The first-order valence-electron chi connectivity index (χ1n) is 8.64. The summed E-state index contributed by atoms with van der Waals surface area (Å²) in [4.78, 5) is 18.1. The molecule has 0 N–H and O–H groups in total. The minimum Gasteiger partial charge on any atom is -0.353 e. The van der Waals surface area contributed by atoms with Crippen molar-refractivity contribution in [3.05, 3.63) is 39.7 Å². The highest BCUT2D eigenvalue weighted by atomic mass is 32.1. The largest absolute Gasteiger partial charge is 0.353 e. The summed E-state index contributed by atoms with van der Waals surface area (Å²) in [6.45, 7) is 5.24. The number of nitrogens with zero attached hydrogens (tertiary/aromatic N) is 4. The summed E-state index contributed by atoms with van der Waals surface area (Å²) in [7, 11) is 0. The summed E-state index contributed by atoms with van der Waals surface area (Å²) in [6.07, 6.45) is 3.43. The molecule has 2 fully saturated rings. The number of anilines is 1. The fourth-order valence-electron chi connectivity index (χ4n) is 3.26. The third-order valence-electron chi connectivity index (χ3n) is 4.80. The van der Waals surface area contributed by atoms with Crippen molar-refractivity contribution >= 4 is 23.1 Å². The molecule has 2 aliphatic rings. The average molecular weight is 342 g/mol. The fourth-order valence-corrected chi connectivity index (χ4v) is 4.21. The molecule has 6 heteroatoms. The maximum atomic E-state index is 12.9. The van der Waals surface area contributed by atoms with E-state index in [0.29, 0.717) is 5.92 Å². The van der Waals surface area contributed by atoms with Crippen molar-refractivity contribution in [3.8, 4) is 0 Å². The van der Waals surface area contributed by atoms with Crippen LogP contribution in [0.5, 0.6) is 0 Å². The molecular weight excluding hydrogens is 320 g/mol. The van der Waals surface area contributed by atoms with Crippen molar-refractivity contribution in [3.63, 3.8) is 0 Å². The zero-order valence-electron chi connectivity index (χ0n) is 13.9. The van der Waals surface area contributed by atoms with Gasteiger partial charge in [0, 0.05) is 26.2 Å². The van der Waals surface area contributed by atoms with E-state index in [2.05, 4.69) is 26.5 Å². The van der Waals surface area contributed by atoms with Gasteiger partial charge in [0.1, 0.15) is 0 Å². The number of carbonyl (C=O) groups excluding carboxylic acids is 1. The Morgan fingerprint density at radius 3 is 2.75 bits per heavy atom. The van der Waals surface area contributed by atoms with Gasteiger partial charge in [0.05, 0.1) is 10.6 Å². The summed E-state index contributed by atoms with van der Waals surface area (Å²) in [5.41, 5.74) is 2.20. The van der Waals surface area contributed by atoms with Gasteiger partial charge in [0.25, 0.3) is 5.91 Å². The second-order valence-electron chi connectivity index (χ2n) is 6.65. The monoisotopic (exact) mass is 342 g/mol. The van der Waals surface area contributed by atoms with E-state index >= 15 is 0 Å². The zero-order valence-corrected chi connectivity index (χ0v) is 14.8. The van der Waals surface area contributed by atoms with Crippen LogP contribution >= 0.6 is 11.3 Å². The lowest BCUT2D eigenvalue weighted by molar-refractivity contribution is 0.0771. The molecule has 2 aromatic rings. The number of rotatable bonds is 3. The summed E-state index contributed by atoms with van der Waals surface area (Å²) in [6, 6.07) is 6.15. The van der Waals surface area contributed by atoms with Gasteiger partial charge in [0.15, 0.2) is 5.82 Å². The molecule has 24 heavy (non-hydrogen) atoms. The van der Waals surface area contributed by atoms with E-state index in [9.17, 15) is 4.79 Å². The van der Waals surface area contributed by atoms with Gasteiger partial charge in [0.2, 0.25) is 0 Å². The Morgan fingerprint density at radius 2 is 2.00 bits per heavy atom. The van der Waals surface area contributed by atoms with Crippen LogP contribution in [0.25, 0.3) is 0 Å². The Hall–Kier alpha value is -1.95. The van der Waals surface area contributed by atoms with Gasteiger partial charge in [-0.1, -0.05) is 0 Å². The van der Waals surface area contributed by atoms with Gasteiger partial charge in [-0.05, 0) is 61.2 Å². The highest BCUT2D eigenvalue weighted by Crippen LogP contribution is 2.43. The zero-order chi connectivity index (χ0) is 16.5. The van der Waals surface area contributed by atoms with E-state index in [1.165, 1.54) is 18.4 Å². The van der Waals surface area contributed by atoms with E-state index in [1.54, 1.807) is 11.3 Å². The standard InChI is InChI=1S/C18H22N4OS/c1-13-3-6-16(20-19-13)21-8-2-9-22(11-10-21)18(23)17-15(7-12-24-17)14-4-5-14/h3,6-7,12,14H,2,4-5,8-11H2,1H3. The molecule has 1 aliphatic carbocycles. The van der Waals surface area contributed by atoms with Gasteiger partial charge >= 0.3 is 0 Å². The lowest BCUT2D eigenvalue weighted by atomic mass is 10.1. The smallest absolute Gasteiger partial charge is 0.264 e. The van der Waals surface area contributed by atoms with Crippen LogP contribution in [0.3, 0.4) is 0 Å². The maximum absolute atomic E-state index is 12.9. The number of amides is 1. The summed E-state index contributed by atoms with van der Waals surface area (Å²) >= 11 is 1.60. The topological polar surface area (TPSA) is 49.3 Å². The molecule has 1 amide bonds. The quantitative estimate of drug-likeness (QED) is 0.860. The van der Waals surface area contributed by atoms with Gasteiger partial charge in [-0.15, -0.1) is 16.4 Å². The molecule has 0 radical (unpaired) electrons. The Bertz CT molecular complexity index is 723. The summed E-state index contributed by atoms with van der Waals surface area (Å²) in [5, 5.41) is 10.5. The van der Waals surface area contributed by atoms with Crippen LogP contribution in [0.2, 0.25) is 0 Å². The fraction of sp³-hybridized carbons (Fsp3) is 0.500. The molecule has 0 unspecified atom stereocenters. The molecule has 0 bridgehead atoms. The van der Waals surface area contributed by atoms with Crippen LogP contribution in [0.15, 0.2) is 23.6 Å². The van der Waals surface area contributed by atoms with E-state index in [-0.39, 0.29) is 5.91 Å². The molecule has 0 atom stereocenters. The van der Waals surface area contributed by atoms with Crippen LogP contribution in [0, 0.1) is 6.92 Å². The van der Waals surface area contributed by atoms with E-state index in [1.807, 2.05) is 24.0 Å². The van der Waals surface area contributed by atoms with Crippen LogP contribution < -0.4 is 4.90 Å². The predicted molar refractivity (Wildman–Crippen MR) is 95.8 cm³/mol. The number of hydrogen-bond acceptors (Lipinski definition) is 5. The van der Waals surface area contributed by atoms with Crippen molar-refractivity contribution in [2.24, 2.45) is 0 Å². The Balaban J connectivity index is 1.45. The van der Waals surface area contributed by atoms with Gasteiger partial charge in [-0.25, -0.2) is 0 Å². The Kier molecular flexibility index (Phi) is 4.22. The first-order valence-corrected chi connectivity index (χ1v) is 9.52. The lowest BCUT2D eigenvalue weighted by Gasteiger charge is -2.22. The molecule has 3 heterocycles. The summed E-state index contributed by atoms with van der Waals surface area (Å²) in [5.74, 6) is 1.75. The molecule has 126 valence electrons. The van der Waals surface area contributed by atoms with Crippen molar-refractivity contribution in [1.82, 2.24) is 15.1 Å².